The summed E-state index contributed by atoms with van der Waals surface area (Å²) in [7, 11) is 1.53. The first kappa shape index (κ1) is 19.6. The molecule has 1 heterocycles. The van der Waals surface area contributed by atoms with Crippen LogP contribution in [0.2, 0.25) is 5.02 Å². The Balaban J connectivity index is 1.59. The van der Waals surface area contributed by atoms with Crippen LogP contribution >= 0.6 is 11.6 Å². The largest absolute Gasteiger partial charge is 0.495 e. The number of nitrogens with one attached hydrogen (secondary N) is 2. The van der Waals surface area contributed by atoms with Crippen molar-refractivity contribution in [1.29, 1.82) is 0 Å². The Morgan fingerprint density at radius 3 is 2.61 bits per heavy atom. The molecule has 0 fully saturated rings. The van der Waals surface area contributed by atoms with Crippen LogP contribution in [0.1, 0.15) is 16.1 Å². The highest BCUT2D eigenvalue weighted by atomic mass is 35.5. The molecule has 3 rings (SSSR count). The van der Waals surface area contributed by atoms with Crippen molar-refractivity contribution in [3.8, 4) is 5.75 Å². The molecule has 0 unspecified atom stereocenters. The minimum Gasteiger partial charge on any atom is -0.495 e. The summed E-state index contributed by atoms with van der Waals surface area (Å²) in [6, 6.07) is 14.8. The summed E-state index contributed by atoms with van der Waals surface area (Å²) >= 11 is 6.08. The monoisotopic (exact) mass is 399 g/mol. The lowest BCUT2D eigenvalue weighted by atomic mass is 10.1. The number of nitrogens with zero attached hydrogens (tertiary/aromatic N) is 1. The second-order valence-electron chi connectivity index (χ2n) is 6.04. The molecule has 0 saturated heterocycles. The van der Waals surface area contributed by atoms with E-state index in [9.17, 15) is 9.18 Å². The predicted molar refractivity (Wildman–Crippen MR) is 109 cm³/mol. The fraction of sp³-hybridized carbons (Fsp3) is 0.143. The van der Waals surface area contributed by atoms with Gasteiger partial charge in [-0.3, -0.25) is 9.78 Å². The van der Waals surface area contributed by atoms with Gasteiger partial charge in [0.25, 0.3) is 5.91 Å². The molecule has 1 aromatic heterocycles. The van der Waals surface area contributed by atoms with Crippen LogP contribution in [0.3, 0.4) is 0 Å². The van der Waals surface area contributed by atoms with Gasteiger partial charge in [-0.05, 0) is 54.4 Å². The molecule has 3 aromatic rings. The second kappa shape index (κ2) is 9.19. The van der Waals surface area contributed by atoms with Crippen molar-refractivity contribution in [2.24, 2.45) is 0 Å². The summed E-state index contributed by atoms with van der Waals surface area (Å²) in [6.45, 7) is 0.644. The molecule has 0 aliphatic rings. The van der Waals surface area contributed by atoms with Crippen molar-refractivity contribution in [3.05, 3.63) is 82.9 Å². The van der Waals surface area contributed by atoms with Crippen LogP contribution in [0.5, 0.6) is 5.75 Å². The van der Waals surface area contributed by atoms with Gasteiger partial charge >= 0.3 is 0 Å². The zero-order valence-electron chi connectivity index (χ0n) is 15.2. The third-order valence-electron chi connectivity index (χ3n) is 4.06. The molecule has 0 bridgehead atoms. The summed E-state index contributed by atoms with van der Waals surface area (Å²) in [4.78, 5) is 16.6. The highest BCUT2D eigenvalue weighted by Gasteiger charge is 2.10. The number of ether oxygens (including phenoxy) is 1. The van der Waals surface area contributed by atoms with Gasteiger partial charge in [-0.1, -0.05) is 23.7 Å². The van der Waals surface area contributed by atoms with Crippen LogP contribution in [-0.4, -0.2) is 24.5 Å². The number of carbonyl (C=O) groups excluding carboxylic acids is 1. The second-order valence-corrected chi connectivity index (χ2v) is 6.44. The van der Waals surface area contributed by atoms with Crippen molar-refractivity contribution in [3.63, 3.8) is 0 Å². The number of aromatic nitrogens is 1. The quantitative estimate of drug-likeness (QED) is 0.599. The Kier molecular flexibility index (Phi) is 6.45. The molecule has 0 spiro atoms. The highest BCUT2D eigenvalue weighted by Crippen LogP contribution is 2.27. The van der Waals surface area contributed by atoms with Crippen LogP contribution in [-0.2, 0) is 6.42 Å². The number of benzene rings is 2. The Morgan fingerprint density at radius 2 is 1.89 bits per heavy atom. The third kappa shape index (κ3) is 5.20. The fourth-order valence-electron chi connectivity index (χ4n) is 2.61. The van der Waals surface area contributed by atoms with Crippen LogP contribution in [0.15, 0.2) is 60.8 Å². The molecule has 7 heteroatoms. The Bertz CT molecular complexity index is 964. The van der Waals surface area contributed by atoms with E-state index in [-0.39, 0.29) is 17.4 Å². The zero-order valence-corrected chi connectivity index (χ0v) is 16.0. The number of rotatable bonds is 7. The van der Waals surface area contributed by atoms with Gasteiger partial charge in [0.2, 0.25) is 0 Å². The van der Waals surface area contributed by atoms with Gasteiger partial charge in [0, 0.05) is 24.1 Å². The van der Waals surface area contributed by atoms with Crippen LogP contribution in [0.25, 0.3) is 0 Å². The number of hydrogen-bond donors (Lipinski definition) is 2. The van der Waals surface area contributed by atoms with Crippen LogP contribution in [0, 0.1) is 5.82 Å². The van der Waals surface area contributed by atoms with E-state index in [0.717, 1.165) is 17.7 Å². The topological polar surface area (TPSA) is 63.2 Å². The molecule has 144 valence electrons. The number of methoxy groups -OCH3 is 1. The van der Waals surface area contributed by atoms with Crippen molar-refractivity contribution in [2.75, 3.05) is 24.3 Å². The van der Waals surface area contributed by atoms with Crippen molar-refractivity contribution in [2.45, 2.75) is 6.42 Å². The van der Waals surface area contributed by atoms with E-state index in [0.29, 0.717) is 23.0 Å². The van der Waals surface area contributed by atoms with E-state index in [2.05, 4.69) is 15.6 Å². The molecule has 28 heavy (non-hydrogen) atoms. The molecular weight excluding hydrogens is 381 g/mol. The normalized spacial score (nSPS) is 10.4. The lowest BCUT2D eigenvalue weighted by molar-refractivity contribution is 0.102. The van der Waals surface area contributed by atoms with Gasteiger partial charge < -0.3 is 15.4 Å². The Morgan fingerprint density at radius 1 is 1.11 bits per heavy atom. The van der Waals surface area contributed by atoms with E-state index in [1.807, 2.05) is 0 Å². The summed E-state index contributed by atoms with van der Waals surface area (Å²) in [6.07, 6.45) is 2.30. The maximum absolute atomic E-state index is 12.9. The molecule has 2 N–H and O–H groups in total. The van der Waals surface area contributed by atoms with Gasteiger partial charge in [0.05, 0.1) is 12.1 Å². The molecule has 5 nitrogen and oxygen atoms in total. The van der Waals surface area contributed by atoms with Gasteiger partial charge in [-0.15, -0.1) is 0 Å². The fourth-order valence-corrected chi connectivity index (χ4v) is 2.86. The van der Waals surface area contributed by atoms with Crippen molar-refractivity contribution < 1.29 is 13.9 Å². The van der Waals surface area contributed by atoms with Crippen molar-refractivity contribution >= 4 is 28.9 Å². The van der Waals surface area contributed by atoms with Crippen LogP contribution in [0.4, 0.5) is 15.8 Å². The summed E-state index contributed by atoms with van der Waals surface area (Å²) in [5.41, 5.74) is 2.62. The number of amides is 1. The number of pyridine rings is 1. The van der Waals surface area contributed by atoms with E-state index in [1.165, 1.54) is 19.2 Å². The molecule has 0 radical (unpaired) electrons. The first-order valence-electron chi connectivity index (χ1n) is 8.64. The standard InChI is InChI=1S/C21H19ClFN3O2/c1-28-20-7-6-17(12-18(20)22)26-21(27)19-13-16(9-11-25-19)24-10-8-14-2-4-15(23)5-3-14/h2-7,9,11-13H,8,10H2,1H3,(H,24,25)(H,26,27). The molecule has 0 aliphatic heterocycles. The SMILES string of the molecule is COc1ccc(NC(=O)c2cc(NCCc3ccc(F)cc3)ccn2)cc1Cl. The molecule has 0 atom stereocenters. The number of hydrogen-bond acceptors (Lipinski definition) is 4. The van der Waals surface area contributed by atoms with Crippen molar-refractivity contribution in [1.82, 2.24) is 4.98 Å². The maximum Gasteiger partial charge on any atom is 0.274 e. The van der Waals surface area contributed by atoms with Gasteiger partial charge in [0.15, 0.2) is 0 Å². The highest BCUT2D eigenvalue weighted by molar-refractivity contribution is 6.32. The number of carbonyl (C=O) groups is 1. The summed E-state index contributed by atoms with van der Waals surface area (Å²) in [5, 5.41) is 6.41. The van der Waals surface area contributed by atoms with Gasteiger partial charge in [0.1, 0.15) is 17.3 Å². The smallest absolute Gasteiger partial charge is 0.274 e. The predicted octanol–water partition coefficient (Wildman–Crippen LogP) is 4.79. The maximum atomic E-state index is 12.9. The lowest BCUT2D eigenvalue weighted by Gasteiger charge is -2.10. The molecule has 0 aliphatic carbocycles. The minimum atomic E-state index is -0.344. The summed E-state index contributed by atoms with van der Waals surface area (Å²) in [5.74, 6) is -0.0618. The molecule has 1 amide bonds. The van der Waals surface area contributed by atoms with Crippen LogP contribution < -0.4 is 15.4 Å². The molecule has 2 aromatic carbocycles. The average molecular weight is 400 g/mol. The Hall–Kier alpha value is -3.12. The number of halogens is 2. The van der Waals surface area contributed by atoms with E-state index in [4.69, 9.17) is 16.3 Å². The van der Waals surface area contributed by atoms with E-state index >= 15 is 0 Å². The van der Waals surface area contributed by atoms with E-state index < -0.39 is 0 Å². The minimum absolute atomic E-state index is 0.250. The van der Waals surface area contributed by atoms with Gasteiger partial charge in [-0.25, -0.2) is 4.39 Å². The average Bonchev–Trinajstić information content (AvgIpc) is 2.70. The lowest BCUT2D eigenvalue weighted by Crippen LogP contribution is -2.14. The first-order chi connectivity index (χ1) is 13.5. The number of anilines is 2. The Labute approximate surface area is 167 Å². The first-order valence-corrected chi connectivity index (χ1v) is 9.02. The molecular formula is C21H19ClFN3O2. The molecule has 0 saturated carbocycles. The van der Waals surface area contributed by atoms with E-state index in [1.54, 1.807) is 48.7 Å². The van der Waals surface area contributed by atoms with Gasteiger partial charge in [-0.2, -0.15) is 0 Å². The zero-order chi connectivity index (χ0) is 19.9. The summed E-state index contributed by atoms with van der Waals surface area (Å²) < 4.78 is 18.0. The third-order valence-corrected chi connectivity index (χ3v) is 4.35.